The fourth-order valence-corrected chi connectivity index (χ4v) is 4.47. The Morgan fingerprint density at radius 2 is 1.91 bits per heavy atom. The minimum Gasteiger partial charge on any atom is -0.325 e. The first-order valence-corrected chi connectivity index (χ1v) is 11.4. The van der Waals surface area contributed by atoms with Gasteiger partial charge in [0.15, 0.2) is 5.16 Å². The Morgan fingerprint density at radius 3 is 2.66 bits per heavy atom. The van der Waals surface area contributed by atoms with Crippen molar-refractivity contribution in [2.45, 2.75) is 43.5 Å². The Morgan fingerprint density at radius 1 is 1.16 bits per heavy atom. The molecule has 0 spiro atoms. The van der Waals surface area contributed by atoms with Gasteiger partial charge in [0, 0.05) is 17.9 Å². The van der Waals surface area contributed by atoms with Gasteiger partial charge in [0.25, 0.3) is 5.56 Å². The number of anilines is 2. The third kappa shape index (κ3) is 4.75. The van der Waals surface area contributed by atoms with Crippen molar-refractivity contribution in [1.82, 2.24) is 9.97 Å². The largest absolute Gasteiger partial charge is 0.325 e. The monoisotopic (exact) mass is 448 g/mol. The van der Waals surface area contributed by atoms with E-state index in [4.69, 9.17) is 0 Å². The first kappa shape index (κ1) is 21.8. The molecule has 2 amide bonds. The summed E-state index contributed by atoms with van der Waals surface area (Å²) in [6.07, 6.45) is 0.648. The quantitative estimate of drug-likeness (QED) is 0.391. The number of benzene rings is 2. The van der Waals surface area contributed by atoms with Crippen LogP contribution in [0.5, 0.6) is 0 Å². The highest BCUT2D eigenvalue weighted by atomic mass is 32.2. The van der Waals surface area contributed by atoms with Gasteiger partial charge >= 0.3 is 0 Å². The van der Waals surface area contributed by atoms with Gasteiger partial charge in [-0.2, -0.15) is 0 Å². The van der Waals surface area contributed by atoms with E-state index in [0.29, 0.717) is 16.6 Å². The molecule has 2 heterocycles. The average molecular weight is 449 g/mol. The van der Waals surface area contributed by atoms with Gasteiger partial charge in [-0.15, -0.1) is 0 Å². The summed E-state index contributed by atoms with van der Waals surface area (Å²) in [5, 5.41) is 5.93. The second-order valence-corrected chi connectivity index (χ2v) is 8.68. The zero-order chi connectivity index (χ0) is 22.7. The molecule has 0 unspecified atom stereocenters. The van der Waals surface area contributed by atoms with Gasteiger partial charge in [0.05, 0.1) is 11.5 Å². The van der Waals surface area contributed by atoms with Crippen LogP contribution in [-0.2, 0) is 21.8 Å². The lowest BCUT2D eigenvalue weighted by Gasteiger charge is -2.24. The molecule has 8 heteroatoms. The molecule has 7 nitrogen and oxygen atoms in total. The number of aryl methyl sites for hydroxylation is 2. The summed E-state index contributed by atoms with van der Waals surface area (Å²) in [6.45, 7) is 4.02. The smallest absolute Gasteiger partial charge is 0.257 e. The maximum atomic E-state index is 13.0. The van der Waals surface area contributed by atoms with Crippen LogP contribution in [0.15, 0.2) is 58.5 Å². The number of para-hydroxylation sites is 1. The summed E-state index contributed by atoms with van der Waals surface area (Å²) in [6, 6.07) is 15.6. The number of H-pyrrole nitrogens is 1. The fourth-order valence-electron chi connectivity index (χ4n) is 3.65. The van der Waals surface area contributed by atoms with Crippen molar-refractivity contribution < 1.29 is 9.59 Å². The van der Waals surface area contributed by atoms with Gasteiger partial charge in [-0.3, -0.25) is 14.4 Å². The standard InChI is InChI=1S/C24H24N4O3S/c1-3-16-6-4-5-7-18(16)25-22(30)17-12-19(29)26-21-20(17)23(31)28-24(27-21)32-13-15-10-8-14(2)9-11-15/h4-11,17H,3,12-13H2,1-2H3,(H,25,30)(H2,26,27,28,29,31)/t17-/m1/s1. The number of rotatable bonds is 6. The Kier molecular flexibility index (Phi) is 6.41. The minimum atomic E-state index is -0.906. The number of thioether (sulfide) groups is 1. The van der Waals surface area contributed by atoms with Gasteiger partial charge in [0.1, 0.15) is 5.82 Å². The maximum Gasteiger partial charge on any atom is 0.257 e. The van der Waals surface area contributed by atoms with E-state index in [1.54, 1.807) is 0 Å². The summed E-state index contributed by atoms with van der Waals surface area (Å²) in [5.41, 5.74) is 3.71. The Bertz CT molecular complexity index is 1220. The van der Waals surface area contributed by atoms with Crippen molar-refractivity contribution in [2.24, 2.45) is 0 Å². The highest BCUT2D eigenvalue weighted by Gasteiger charge is 2.35. The molecule has 4 rings (SSSR count). The molecule has 1 aliphatic heterocycles. The van der Waals surface area contributed by atoms with Gasteiger partial charge in [-0.25, -0.2) is 4.98 Å². The van der Waals surface area contributed by atoms with Crippen LogP contribution in [0.4, 0.5) is 11.5 Å². The summed E-state index contributed by atoms with van der Waals surface area (Å²) in [4.78, 5) is 45.4. The molecule has 2 aromatic carbocycles. The predicted octanol–water partition coefficient (Wildman–Crippen LogP) is 4.00. The third-order valence-corrected chi connectivity index (χ3v) is 6.34. The molecule has 0 saturated carbocycles. The van der Waals surface area contributed by atoms with Gasteiger partial charge < -0.3 is 15.6 Å². The molecule has 0 aliphatic carbocycles. The van der Waals surface area contributed by atoms with E-state index in [1.807, 2.05) is 62.4 Å². The topological polar surface area (TPSA) is 104 Å². The van der Waals surface area contributed by atoms with Crippen LogP contribution in [0.1, 0.15) is 41.5 Å². The van der Waals surface area contributed by atoms with Crippen molar-refractivity contribution in [3.63, 3.8) is 0 Å². The normalized spacial score (nSPS) is 15.1. The lowest BCUT2D eigenvalue weighted by molar-refractivity contribution is -0.123. The molecule has 3 N–H and O–H groups in total. The Labute approximate surface area is 190 Å². The molecule has 1 aromatic heterocycles. The van der Waals surface area contributed by atoms with Crippen molar-refractivity contribution >= 4 is 35.1 Å². The summed E-state index contributed by atoms with van der Waals surface area (Å²) in [5.74, 6) is -0.868. The molecule has 0 bridgehead atoms. The number of carbonyl (C=O) groups is 2. The van der Waals surface area contributed by atoms with E-state index >= 15 is 0 Å². The number of nitrogens with one attached hydrogen (secondary N) is 3. The first-order chi connectivity index (χ1) is 15.4. The van der Waals surface area contributed by atoms with Gasteiger partial charge in [-0.1, -0.05) is 66.7 Å². The lowest BCUT2D eigenvalue weighted by Crippen LogP contribution is -2.36. The maximum absolute atomic E-state index is 13.0. The summed E-state index contributed by atoms with van der Waals surface area (Å²) >= 11 is 1.37. The molecule has 0 fully saturated rings. The van der Waals surface area contributed by atoms with Gasteiger partial charge in [0.2, 0.25) is 11.8 Å². The number of amides is 2. The minimum absolute atomic E-state index is 0.103. The number of nitrogens with zero attached hydrogens (tertiary/aromatic N) is 1. The molecular weight excluding hydrogens is 424 g/mol. The van der Waals surface area contributed by atoms with E-state index in [1.165, 1.54) is 17.3 Å². The van der Waals surface area contributed by atoms with Crippen LogP contribution in [0.25, 0.3) is 0 Å². The molecular formula is C24H24N4O3S. The molecule has 0 saturated heterocycles. The Hall–Kier alpha value is -3.39. The Balaban J connectivity index is 1.57. The second kappa shape index (κ2) is 9.40. The lowest BCUT2D eigenvalue weighted by atomic mass is 9.92. The van der Waals surface area contributed by atoms with Crippen LogP contribution in [0.3, 0.4) is 0 Å². The SMILES string of the molecule is CCc1ccccc1NC(=O)[C@@H]1CC(=O)Nc2nc(SCc3ccc(C)cc3)[nH]c(=O)c21. The molecule has 3 aromatic rings. The van der Waals surface area contributed by atoms with Crippen molar-refractivity contribution in [1.29, 1.82) is 0 Å². The molecule has 32 heavy (non-hydrogen) atoms. The number of aromatic amines is 1. The fraction of sp³-hybridized carbons (Fsp3) is 0.250. The number of hydrogen-bond acceptors (Lipinski definition) is 5. The first-order valence-electron chi connectivity index (χ1n) is 10.5. The van der Waals surface area contributed by atoms with Gasteiger partial charge in [-0.05, 0) is 30.5 Å². The zero-order valence-electron chi connectivity index (χ0n) is 17.9. The van der Waals surface area contributed by atoms with E-state index in [0.717, 1.165) is 17.5 Å². The molecule has 1 aliphatic rings. The van der Waals surface area contributed by atoms with Crippen LogP contribution < -0.4 is 16.2 Å². The number of carbonyl (C=O) groups excluding carboxylic acids is 2. The van der Waals surface area contributed by atoms with Crippen LogP contribution in [0.2, 0.25) is 0 Å². The third-order valence-electron chi connectivity index (χ3n) is 5.40. The number of fused-ring (bicyclic) bond motifs is 1. The summed E-state index contributed by atoms with van der Waals surface area (Å²) < 4.78 is 0. The van der Waals surface area contributed by atoms with Crippen LogP contribution in [-0.4, -0.2) is 21.8 Å². The van der Waals surface area contributed by atoms with E-state index in [-0.39, 0.29) is 23.7 Å². The average Bonchev–Trinajstić information content (AvgIpc) is 2.78. The number of aromatic nitrogens is 2. The van der Waals surface area contributed by atoms with Crippen molar-refractivity contribution in [3.05, 3.63) is 81.1 Å². The van der Waals surface area contributed by atoms with Crippen molar-refractivity contribution in [3.8, 4) is 0 Å². The summed E-state index contributed by atoms with van der Waals surface area (Å²) in [7, 11) is 0. The molecule has 0 radical (unpaired) electrons. The van der Waals surface area contributed by atoms with E-state index in [2.05, 4.69) is 20.6 Å². The van der Waals surface area contributed by atoms with E-state index in [9.17, 15) is 14.4 Å². The van der Waals surface area contributed by atoms with Crippen molar-refractivity contribution in [2.75, 3.05) is 10.6 Å². The van der Waals surface area contributed by atoms with E-state index < -0.39 is 17.4 Å². The number of hydrogen-bond donors (Lipinski definition) is 3. The highest BCUT2D eigenvalue weighted by Crippen LogP contribution is 2.31. The highest BCUT2D eigenvalue weighted by molar-refractivity contribution is 7.98. The molecule has 1 atom stereocenters. The second-order valence-electron chi connectivity index (χ2n) is 7.71. The van der Waals surface area contributed by atoms with Crippen LogP contribution in [0, 0.1) is 6.92 Å². The zero-order valence-corrected chi connectivity index (χ0v) is 18.7. The van der Waals surface area contributed by atoms with Crippen LogP contribution >= 0.6 is 11.8 Å². The predicted molar refractivity (Wildman–Crippen MR) is 126 cm³/mol. The molecule has 164 valence electrons.